The second-order valence-corrected chi connectivity index (χ2v) is 5.52. The molecule has 0 N–H and O–H groups in total. The normalized spacial score (nSPS) is 17.1. The van der Waals surface area contributed by atoms with Crippen molar-refractivity contribution < 1.29 is 13.2 Å². The van der Waals surface area contributed by atoms with Gasteiger partial charge < -0.3 is 9.80 Å². The maximum Gasteiger partial charge on any atom is 0.416 e. The van der Waals surface area contributed by atoms with Crippen LogP contribution < -0.4 is 4.90 Å². The second kappa shape index (κ2) is 5.94. The molecule has 0 radical (unpaired) electrons. The van der Waals surface area contributed by atoms with E-state index in [1.807, 2.05) is 25.1 Å². The number of halogens is 3. The van der Waals surface area contributed by atoms with Crippen molar-refractivity contribution >= 4 is 5.69 Å². The summed E-state index contributed by atoms with van der Waals surface area (Å²) in [6.07, 6.45) is -2.53. The summed E-state index contributed by atoms with van der Waals surface area (Å²) < 4.78 is 38.1. The monoisotopic (exact) mass is 297 g/mol. The summed E-state index contributed by atoms with van der Waals surface area (Å²) in [7, 11) is 4.05. The molecular weight excluding hydrogens is 279 g/mol. The molecule has 21 heavy (non-hydrogen) atoms. The summed E-state index contributed by atoms with van der Waals surface area (Å²) in [6.45, 7) is 1.51. The number of hydrogen-bond donors (Lipinski definition) is 0. The number of nitriles is 1. The van der Waals surface area contributed by atoms with Crippen LogP contribution in [0.25, 0.3) is 0 Å². The Labute approximate surface area is 122 Å². The summed E-state index contributed by atoms with van der Waals surface area (Å²) in [6, 6.07) is 5.78. The van der Waals surface area contributed by atoms with E-state index in [4.69, 9.17) is 5.26 Å². The van der Waals surface area contributed by atoms with Gasteiger partial charge in [0, 0.05) is 19.1 Å². The number of piperidine rings is 1. The highest BCUT2D eigenvalue weighted by Gasteiger charge is 2.32. The van der Waals surface area contributed by atoms with E-state index in [2.05, 4.69) is 4.90 Å². The van der Waals surface area contributed by atoms with Gasteiger partial charge >= 0.3 is 6.18 Å². The molecule has 0 saturated carbocycles. The topological polar surface area (TPSA) is 30.3 Å². The van der Waals surface area contributed by atoms with Gasteiger partial charge in [-0.3, -0.25) is 0 Å². The predicted molar refractivity (Wildman–Crippen MR) is 75.1 cm³/mol. The highest BCUT2D eigenvalue weighted by molar-refractivity contribution is 5.61. The Hall–Kier alpha value is -1.74. The lowest BCUT2D eigenvalue weighted by Crippen LogP contribution is -2.42. The third kappa shape index (κ3) is 3.48. The average Bonchev–Trinajstić information content (AvgIpc) is 2.45. The van der Waals surface area contributed by atoms with Gasteiger partial charge in [0.1, 0.15) is 6.07 Å². The molecule has 1 aliphatic heterocycles. The van der Waals surface area contributed by atoms with E-state index >= 15 is 0 Å². The van der Waals surface area contributed by atoms with Crippen LogP contribution in [0, 0.1) is 11.3 Å². The van der Waals surface area contributed by atoms with E-state index in [9.17, 15) is 13.2 Å². The van der Waals surface area contributed by atoms with E-state index in [-0.39, 0.29) is 5.56 Å². The lowest BCUT2D eigenvalue weighted by atomic mass is 10.0. The van der Waals surface area contributed by atoms with Crippen molar-refractivity contribution in [2.45, 2.75) is 25.1 Å². The SMILES string of the molecule is CN(C)C1CCN(c2ccc(C(F)(F)F)cc2C#N)CC1. The highest BCUT2D eigenvalue weighted by Crippen LogP contribution is 2.33. The highest BCUT2D eigenvalue weighted by atomic mass is 19.4. The van der Waals surface area contributed by atoms with Gasteiger partial charge in [-0.2, -0.15) is 18.4 Å². The van der Waals surface area contributed by atoms with Crippen molar-refractivity contribution in [2.24, 2.45) is 0 Å². The zero-order valence-electron chi connectivity index (χ0n) is 12.1. The molecule has 1 heterocycles. The van der Waals surface area contributed by atoms with Gasteiger partial charge in [0.05, 0.1) is 16.8 Å². The zero-order valence-corrected chi connectivity index (χ0v) is 12.1. The van der Waals surface area contributed by atoms with Crippen LogP contribution in [-0.4, -0.2) is 38.1 Å². The fourth-order valence-corrected chi connectivity index (χ4v) is 2.70. The molecular formula is C15H18F3N3. The van der Waals surface area contributed by atoms with Crippen LogP contribution in [0.5, 0.6) is 0 Å². The number of hydrogen-bond acceptors (Lipinski definition) is 3. The third-order valence-corrected chi connectivity index (χ3v) is 3.98. The lowest BCUT2D eigenvalue weighted by molar-refractivity contribution is -0.137. The fraction of sp³-hybridized carbons (Fsp3) is 0.533. The van der Waals surface area contributed by atoms with Crippen LogP contribution in [0.1, 0.15) is 24.0 Å². The van der Waals surface area contributed by atoms with Gasteiger partial charge in [-0.05, 0) is 45.1 Å². The van der Waals surface area contributed by atoms with Crippen molar-refractivity contribution in [2.75, 3.05) is 32.1 Å². The molecule has 1 aliphatic rings. The Morgan fingerprint density at radius 2 is 1.86 bits per heavy atom. The van der Waals surface area contributed by atoms with Crippen LogP contribution in [0.4, 0.5) is 18.9 Å². The van der Waals surface area contributed by atoms with Crippen molar-refractivity contribution in [1.29, 1.82) is 5.26 Å². The maximum atomic E-state index is 12.7. The van der Waals surface area contributed by atoms with Gasteiger partial charge in [0.15, 0.2) is 0 Å². The molecule has 1 saturated heterocycles. The van der Waals surface area contributed by atoms with E-state index in [0.29, 0.717) is 11.7 Å². The summed E-state index contributed by atoms with van der Waals surface area (Å²) >= 11 is 0. The van der Waals surface area contributed by atoms with Crippen LogP contribution in [-0.2, 0) is 6.18 Å². The molecule has 0 aromatic heterocycles. The Morgan fingerprint density at radius 1 is 1.24 bits per heavy atom. The zero-order chi connectivity index (χ0) is 15.6. The van der Waals surface area contributed by atoms with Crippen molar-refractivity contribution in [3.05, 3.63) is 29.3 Å². The summed E-state index contributed by atoms with van der Waals surface area (Å²) in [5.41, 5.74) is -0.0817. The predicted octanol–water partition coefficient (Wildman–Crippen LogP) is 3.11. The number of rotatable bonds is 2. The number of anilines is 1. The van der Waals surface area contributed by atoms with Gasteiger partial charge in [-0.15, -0.1) is 0 Å². The second-order valence-electron chi connectivity index (χ2n) is 5.52. The molecule has 0 unspecified atom stereocenters. The Morgan fingerprint density at radius 3 is 2.33 bits per heavy atom. The van der Waals surface area contributed by atoms with E-state index < -0.39 is 11.7 Å². The van der Waals surface area contributed by atoms with E-state index in [1.165, 1.54) is 6.07 Å². The number of benzene rings is 1. The first-order chi connectivity index (χ1) is 9.82. The molecule has 0 atom stereocenters. The lowest BCUT2D eigenvalue weighted by Gasteiger charge is -2.36. The molecule has 6 heteroatoms. The number of alkyl halides is 3. The largest absolute Gasteiger partial charge is 0.416 e. The Kier molecular flexibility index (Phi) is 4.43. The molecule has 1 fully saturated rings. The first-order valence-corrected chi connectivity index (χ1v) is 6.85. The summed E-state index contributed by atoms with van der Waals surface area (Å²) in [4.78, 5) is 4.16. The summed E-state index contributed by atoms with van der Waals surface area (Å²) in [5.74, 6) is 0. The van der Waals surface area contributed by atoms with Gasteiger partial charge in [0.25, 0.3) is 0 Å². The van der Waals surface area contributed by atoms with E-state index in [1.54, 1.807) is 0 Å². The van der Waals surface area contributed by atoms with Gasteiger partial charge in [0.2, 0.25) is 0 Å². The van der Waals surface area contributed by atoms with Crippen molar-refractivity contribution in [3.8, 4) is 6.07 Å². The van der Waals surface area contributed by atoms with Crippen LogP contribution in [0.15, 0.2) is 18.2 Å². The maximum absolute atomic E-state index is 12.7. The third-order valence-electron chi connectivity index (χ3n) is 3.98. The molecule has 1 aromatic carbocycles. The minimum absolute atomic E-state index is 0.0909. The minimum atomic E-state index is -4.41. The number of nitrogens with zero attached hydrogens (tertiary/aromatic N) is 3. The molecule has 2 rings (SSSR count). The molecule has 0 aliphatic carbocycles. The molecule has 114 valence electrons. The van der Waals surface area contributed by atoms with Crippen LogP contribution in [0.2, 0.25) is 0 Å². The smallest absolute Gasteiger partial charge is 0.370 e. The van der Waals surface area contributed by atoms with Crippen molar-refractivity contribution in [1.82, 2.24) is 4.90 Å². The van der Waals surface area contributed by atoms with Crippen LogP contribution in [0.3, 0.4) is 0 Å². The molecule has 0 amide bonds. The Balaban J connectivity index is 2.20. The van der Waals surface area contributed by atoms with Gasteiger partial charge in [-0.1, -0.05) is 0 Å². The van der Waals surface area contributed by atoms with Crippen molar-refractivity contribution in [3.63, 3.8) is 0 Å². The standard InChI is InChI=1S/C15H18F3N3/c1-20(2)13-5-7-21(8-6-13)14-4-3-12(15(16,17)18)9-11(14)10-19/h3-4,9,13H,5-8H2,1-2H3. The summed E-state index contributed by atoms with van der Waals surface area (Å²) in [5, 5.41) is 9.13. The fourth-order valence-electron chi connectivity index (χ4n) is 2.70. The minimum Gasteiger partial charge on any atom is -0.370 e. The van der Waals surface area contributed by atoms with E-state index in [0.717, 1.165) is 38.1 Å². The molecule has 3 nitrogen and oxygen atoms in total. The molecule has 0 spiro atoms. The molecule has 1 aromatic rings. The van der Waals surface area contributed by atoms with Gasteiger partial charge in [-0.25, -0.2) is 0 Å². The quantitative estimate of drug-likeness (QED) is 0.840. The Bertz CT molecular complexity index is 538. The van der Waals surface area contributed by atoms with Crippen LogP contribution >= 0.6 is 0 Å². The average molecular weight is 297 g/mol. The first kappa shape index (κ1) is 15.6. The first-order valence-electron chi connectivity index (χ1n) is 6.85. The molecule has 0 bridgehead atoms.